The molecule has 168 valence electrons. The molecule has 0 aliphatic heterocycles. The maximum Gasteiger partial charge on any atom is 0.266 e. The molecule has 2 aromatic heterocycles. The second kappa shape index (κ2) is 10.5. The van der Waals surface area contributed by atoms with Gasteiger partial charge in [0.1, 0.15) is 22.9 Å². The van der Waals surface area contributed by atoms with E-state index in [1.165, 1.54) is 35.2 Å². The van der Waals surface area contributed by atoms with E-state index >= 15 is 0 Å². The molecule has 0 fully saturated rings. The van der Waals surface area contributed by atoms with Crippen LogP contribution >= 0.6 is 23.7 Å². The molecule has 2 aromatic carbocycles. The SMILES string of the molecule is Cl.O=C(COc1ccc(F)cc1)N(CCCn1ccnc1)c1nc2c(F)cc(F)cc2s1. The zero-order valence-electron chi connectivity index (χ0n) is 16.6. The lowest BCUT2D eigenvalue weighted by atomic mass is 10.3. The van der Waals surface area contributed by atoms with Crippen molar-refractivity contribution in [2.45, 2.75) is 13.0 Å². The van der Waals surface area contributed by atoms with Crippen LogP contribution in [0.1, 0.15) is 6.42 Å². The normalized spacial score (nSPS) is 10.7. The molecule has 11 heteroatoms. The fourth-order valence-corrected chi connectivity index (χ4v) is 4.02. The Balaban J connectivity index is 0.00000289. The molecule has 0 radical (unpaired) electrons. The summed E-state index contributed by atoms with van der Waals surface area (Å²) in [6, 6.07) is 7.24. The first-order chi connectivity index (χ1) is 15.0. The summed E-state index contributed by atoms with van der Waals surface area (Å²) in [6.07, 6.45) is 5.70. The highest BCUT2D eigenvalue weighted by Crippen LogP contribution is 2.31. The van der Waals surface area contributed by atoms with Crippen molar-refractivity contribution in [3.8, 4) is 5.75 Å². The van der Waals surface area contributed by atoms with Gasteiger partial charge in [0.25, 0.3) is 5.91 Å². The molecule has 1 amide bonds. The van der Waals surface area contributed by atoms with Crippen LogP contribution in [-0.2, 0) is 11.3 Å². The van der Waals surface area contributed by atoms with Crippen molar-refractivity contribution in [1.29, 1.82) is 0 Å². The second-order valence-electron chi connectivity index (χ2n) is 6.67. The summed E-state index contributed by atoms with van der Waals surface area (Å²) in [6.45, 7) is 0.577. The average molecular weight is 483 g/mol. The summed E-state index contributed by atoms with van der Waals surface area (Å²) < 4.78 is 48.4. The van der Waals surface area contributed by atoms with Crippen molar-refractivity contribution in [1.82, 2.24) is 14.5 Å². The molecule has 0 saturated heterocycles. The van der Waals surface area contributed by atoms with Crippen LogP contribution in [0, 0.1) is 17.5 Å². The van der Waals surface area contributed by atoms with Crippen LogP contribution in [0.25, 0.3) is 10.2 Å². The Hall–Kier alpha value is -3.11. The molecular formula is C21H18ClF3N4O2S. The lowest BCUT2D eigenvalue weighted by Gasteiger charge is -2.20. The standard InChI is InChI=1S/C21H17F3N4O2S.ClH/c22-14-2-4-16(5-3-14)30-12-19(29)28(8-1-7-27-9-6-25-13-27)21-26-20-17(24)10-15(23)11-18(20)31-21;/h2-6,9-11,13H,1,7-8,12H2;1H. The third kappa shape index (κ3) is 5.57. The first kappa shape index (κ1) is 23.6. The van der Waals surface area contributed by atoms with E-state index in [1.807, 2.05) is 4.57 Å². The molecule has 4 aromatic rings. The molecule has 0 saturated carbocycles. The zero-order chi connectivity index (χ0) is 21.8. The molecule has 0 N–H and O–H groups in total. The monoisotopic (exact) mass is 482 g/mol. The Morgan fingerprint density at radius 1 is 1.12 bits per heavy atom. The van der Waals surface area contributed by atoms with Crippen molar-refractivity contribution in [2.24, 2.45) is 0 Å². The topological polar surface area (TPSA) is 60.2 Å². The van der Waals surface area contributed by atoms with Crippen LogP contribution in [0.3, 0.4) is 0 Å². The van der Waals surface area contributed by atoms with Gasteiger partial charge < -0.3 is 9.30 Å². The number of imidazole rings is 1. The fraction of sp³-hybridized carbons (Fsp3) is 0.190. The Kier molecular flexibility index (Phi) is 7.70. The van der Waals surface area contributed by atoms with E-state index in [0.717, 1.165) is 17.4 Å². The number of aryl methyl sites for hydroxylation is 1. The molecule has 0 aliphatic rings. The number of thiazole rings is 1. The molecule has 0 unspecified atom stereocenters. The van der Waals surface area contributed by atoms with Crippen LogP contribution in [0.4, 0.5) is 18.3 Å². The summed E-state index contributed by atoms with van der Waals surface area (Å²) in [4.78, 5) is 22.5. The van der Waals surface area contributed by atoms with Gasteiger partial charge in [0.05, 0.1) is 11.0 Å². The number of hydrogen-bond acceptors (Lipinski definition) is 5. The van der Waals surface area contributed by atoms with Gasteiger partial charge in [0.2, 0.25) is 0 Å². The van der Waals surface area contributed by atoms with E-state index < -0.39 is 23.4 Å². The minimum absolute atomic E-state index is 0. The molecule has 6 nitrogen and oxygen atoms in total. The van der Waals surface area contributed by atoms with Crippen molar-refractivity contribution in [3.63, 3.8) is 0 Å². The molecule has 0 spiro atoms. The molecule has 0 atom stereocenters. The van der Waals surface area contributed by atoms with Gasteiger partial charge >= 0.3 is 0 Å². The van der Waals surface area contributed by atoms with Gasteiger partial charge in [-0.2, -0.15) is 0 Å². The van der Waals surface area contributed by atoms with Crippen LogP contribution in [0.5, 0.6) is 5.75 Å². The van der Waals surface area contributed by atoms with E-state index in [9.17, 15) is 18.0 Å². The summed E-state index contributed by atoms with van der Waals surface area (Å²) in [5, 5.41) is 0.248. The number of benzene rings is 2. The van der Waals surface area contributed by atoms with E-state index in [-0.39, 0.29) is 36.2 Å². The highest BCUT2D eigenvalue weighted by atomic mass is 35.5. The lowest BCUT2D eigenvalue weighted by Crippen LogP contribution is -2.36. The van der Waals surface area contributed by atoms with E-state index in [4.69, 9.17) is 4.74 Å². The van der Waals surface area contributed by atoms with Crippen molar-refractivity contribution in [3.05, 3.63) is 72.6 Å². The molecule has 0 aliphatic carbocycles. The first-order valence-electron chi connectivity index (χ1n) is 9.39. The third-order valence-electron chi connectivity index (χ3n) is 4.47. The van der Waals surface area contributed by atoms with Crippen LogP contribution in [-0.4, -0.2) is 33.6 Å². The fourth-order valence-electron chi connectivity index (χ4n) is 2.97. The minimum Gasteiger partial charge on any atom is -0.484 e. The molecule has 4 rings (SSSR count). The van der Waals surface area contributed by atoms with Gasteiger partial charge in [-0.25, -0.2) is 23.1 Å². The number of carbonyl (C=O) groups excluding carboxylic acids is 1. The van der Waals surface area contributed by atoms with Gasteiger partial charge in [-0.1, -0.05) is 11.3 Å². The van der Waals surface area contributed by atoms with Crippen molar-refractivity contribution >= 4 is 45.0 Å². The molecule has 32 heavy (non-hydrogen) atoms. The number of hydrogen-bond donors (Lipinski definition) is 0. The van der Waals surface area contributed by atoms with Crippen LogP contribution in [0.15, 0.2) is 55.1 Å². The second-order valence-corrected chi connectivity index (χ2v) is 7.68. The van der Waals surface area contributed by atoms with E-state index in [0.29, 0.717) is 23.4 Å². The number of ether oxygens (including phenoxy) is 1. The number of aromatic nitrogens is 3. The Bertz CT molecular complexity index is 1190. The Labute approximate surface area is 191 Å². The highest BCUT2D eigenvalue weighted by Gasteiger charge is 2.22. The predicted octanol–water partition coefficient (Wildman–Crippen LogP) is 4.83. The average Bonchev–Trinajstić information content (AvgIpc) is 3.40. The number of nitrogens with zero attached hydrogens (tertiary/aromatic N) is 4. The Morgan fingerprint density at radius 3 is 2.62 bits per heavy atom. The largest absolute Gasteiger partial charge is 0.484 e. The number of halogens is 4. The summed E-state index contributed by atoms with van der Waals surface area (Å²) in [5.41, 5.74) is 0.00765. The van der Waals surface area contributed by atoms with Gasteiger partial charge in [0, 0.05) is 31.5 Å². The van der Waals surface area contributed by atoms with E-state index in [1.54, 1.807) is 18.7 Å². The quantitative estimate of drug-likeness (QED) is 0.361. The number of carbonyl (C=O) groups is 1. The molecular weight excluding hydrogens is 465 g/mol. The van der Waals surface area contributed by atoms with Gasteiger partial charge in [-0.15, -0.1) is 12.4 Å². The summed E-state index contributed by atoms with van der Waals surface area (Å²) >= 11 is 1.02. The lowest BCUT2D eigenvalue weighted by molar-refractivity contribution is -0.120. The van der Waals surface area contributed by atoms with Gasteiger partial charge in [-0.3, -0.25) is 9.69 Å². The third-order valence-corrected chi connectivity index (χ3v) is 5.49. The summed E-state index contributed by atoms with van der Waals surface area (Å²) in [5.74, 6) is -1.98. The van der Waals surface area contributed by atoms with Gasteiger partial charge in [0.15, 0.2) is 17.6 Å². The highest BCUT2D eigenvalue weighted by molar-refractivity contribution is 7.22. The molecule has 0 bridgehead atoms. The number of rotatable bonds is 8. The minimum atomic E-state index is -0.786. The number of anilines is 1. The Morgan fingerprint density at radius 2 is 1.91 bits per heavy atom. The first-order valence-corrected chi connectivity index (χ1v) is 10.2. The number of amides is 1. The zero-order valence-corrected chi connectivity index (χ0v) is 18.2. The maximum atomic E-state index is 14.1. The van der Waals surface area contributed by atoms with Crippen molar-refractivity contribution < 1.29 is 22.7 Å². The van der Waals surface area contributed by atoms with Crippen LogP contribution in [0.2, 0.25) is 0 Å². The van der Waals surface area contributed by atoms with Crippen LogP contribution < -0.4 is 9.64 Å². The van der Waals surface area contributed by atoms with Crippen molar-refractivity contribution in [2.75, 3.05) is 18.1 Å². The predicted molar refractivity (Wildman–Crippen MR) is 118 cm³/mol. The summed E-state index contributed by atoms with van der Waals surface area (Å²) in [7, 11) is 0. The van der Waals surface area contributed by atoms with E-state index in [2.05, 4.69) is 9.97 Å². The van der Waals surface area contributed by atoms with Gasteiger partial charge in [-0.05, 0) is 36.8 Å². The molecule has 2 heterocycles. The maximum absolute atomic E-state index is 14.1. The smallest absolute Gasteiger partial charge is 0.266 e. The number of fused-ring (bicyclic) bond motifs is 1.